The van der Waals surface area contributed by atoms with Gasteiger partial charge in [-0.1, -0.05) is 42.5 Å². The molecule has 2 amide bonds. The number of pyridine rings is 1. The Bertz CT molecular complexity index is 1250. The highest BCUT2D eigenvalue weighted by Gasteiger charge is 2.42. The van der Waals surface area contributed by atoms with E-state index in [1.165, 1.54) is 10.6 Å². The molecule has 1 aromatic heterocycles. The van der Waals surface area contributed by atoms with Crippen LogP contribution in [0.2, 0.25) is 0 Å². The largest absolute Gasteiger partial charge is 0.368 e. The van der Waals surface area contributed by atoms with Gasteiger partial charge >= 0.3 is 0 Å². The molecule has 0 N–H and O–H groups in total. The van der Waals surface area contributed by atoms with Crippen molar-refractivity contribution in [3.8, 4) is 0 Å². The van der Waals surface area contributed by atoms with Crippen molar-refractivity contribution in [1.29, 1.82) is 0 Å². The van der Waals surface area contributed by atoms with Crippen LogP contribution in [-0.4, -0.2) is 52.8 Å². The quantitative estimate of drug-likeness (QED) is 0.551. The van der Waals surface area contributed by atoms with Crippen LogP contribution in [0.25, 0.3) is 5.57 Å². The Morgan fingerprint density at radius 2 is 1.53 bits per heavy atom. The molecule has 6 nitrogen and oxygen atoms in total. The number of para-hydroxylation sites is 1. The Balaban J connectivity index is 1.48. The predicted octanol–water partition coefficient (Wildman–Crippen LogP) is 3.80. The first-order valence-electron chi connectivity index (χ1n) is 11.6. The first-order chi connectivity index (χ1) is 16.5. The van der Waals surface area contributed by atoms with Gasteiger partial charge < -0.3 is 9.80 Å². The van der Waals surface area contributed by atoms with Crippen molar-refractivity contribution in [2.45, 2.75) is 20.4 Å². The fraction of sp³-hybridized carbons (Fsp3) is 0.250. The number of carbonyl (C=O) groups is 2. The Morgan fingerprint density at radius 1 is 0.794 bits per heavy atom. The van der Waals surface area contributed by atoms with Crippen molar-refractivity contribution in [3.05, 3.63) is 101 Å². The van der Waals surface area contributed by atoms with Gasteiger partial charge in [-0.25, -0.2) is 0 Å². The normalized spacial score (nSPS) is 16.6. The molecular weight excluding hydrogens is 424 g/mol. The molecule has 0 bridgehead atoms. The van der Waals surface area contributed by atoms with Gasteiger partial charge in [-0.2, -0.15) is 0 Å². The number of hydrogen-bond acceptors (Lipinski definition) is 5. The van der Waals surface area contributed by atoms with Crippen molar-refractivity contribution in [1.82, 2.24) is 14.8 Å². The van der Waals surface area contributed by atoms with Crippen LogP contribution in [0.1, 0.15) is 22.3 Å². The number of piperazine rings is 1. The number of amides is 2. The van der Waals surface area contributed by atoms with E-state index < -0.39 is 0 Å². The fourth-order valence-electron chi connectivity index (χ4n) is 4.66. The number of nitrogens with zero attached hydrogens (tertiary/aromatic N) is 4. The number of rotatable bonds is 5. The molecule has 3 heterocycles. The third-order valence-corrected chi connectivity index (χ3v) is 6.72. The number of benzene rings is 2. The maximum absolute atomic E-state index is 13.7. The highest BCUT2D eigenvalue weighted by Crippen LogP contribution is 2.34. The lowest BCUT2D eigenvalue weighted by atomic mass is 9.99. The highest BCUT2D eigenvalue weighted by atomic mass is 16.2. The Labute approximate surface area is 200 Å². The third-order valence-electron chi connectivity index (χ3n) is 6.72. The number of aryl methyl sites for hydroxylation is 2. The van der Waals surface area contributed by atoms with Gasteiger partial charge in [0.15, 0.2) is 0 Å². The van der Waals surface area contributed by atoms with Crippen molar-refractivity contribution in [3.63, 3.8) is 0 Å². The van der Waals surface area contributed by atoms with Crippen LogP contribution in [0, 0.1) is 13.8 Å². The van der Waals surface area contributed by atoms with Gasteiger partial charge in [0.1, 0.15) is 5.70 Å². The molecule has 0 unspecified atom stereocenters. The van der Waals surface area contributed by atoms with E-state index >= 15 is 0 Å². The SMILES string of the molecule is Cc1ccc(C2=C(N3CCN(c4ccccc4)CC3)C(=O)N(Cc3cccnc3)C2=O)cc1C. The predicted molar refractivity (Wildman–Crippen MR) is 133 cm³/mol. The van der Waals surface area contributed by atoms with Gasteiger partial charge in [0, 0.05) is 44.3 Å². The molecule has 2 aliphatic heterocycles. The Morgan fingerprint density at radius 3 is 2.21 bits per heavy atom. The molecule has 1 saturated heterocycles. The van der Waals surface area contributed by atoms with Crippen molar-refractivity contribution in [2.24, 2.45) is 0 Å². The molecule has 2 aromatic carbocycles. The van der Waals surface area contributed by atoms with Gasteiger partial charge in [0.25, 0.3) is 11.8 Å². The summed E-state index contributed by atoms with van der Waals surface area (Å²) >= 11 is 0. The van der Waals surface area contributed by atoms with Gasteiger partial charge in [0.05, 0.1) is 12.1 Å². The first-order valence-corrected chi connectivity index (χ1v) is 11.6. The van der Waals surface area contributed by atoms with Gasteiger partial charge in [-0.15, -0.1) is 0 Å². The van der Waals surface area contributed by atoms with Gasteiger partial charge in [0.2, 0.25) is 0 Å². The second-order valence-electron chi connectivity index (χ2n) is 8.89. The molecule has 2 aliphatic rings. The molecule has 1 fully saturated rings. The molecule has 172 valence electrons. The molecule has 0 radical (unpaired) electrons. The molecule has 34 heavy (non-hydrogen) atoms. The third kappa shape index (κ3) is 4.07. The summed E-state index contributed by atoms with van der Waals surface area (Å²) in [6.07, 6.45) is 3.39. The zero-order chi connectivity index (χ0) is 23.7. The zero-order valence-corrected chi connectivity index (χ0v) is 19.6. The van der Waals surface area contributed by atoms with Crippen LogP contribution in [-0.2, 0) is 16.1 Å². The van der Waals surface area contributed by atoms with Crippen LogP contribution in [0.5, 0.6) is 0 Å². The van der Waals surface area contributed by atoms with E-state index in [-0.39, 0.29) is 18.4 Å². The van der Waals surface area contributed by atoms with Gasteiger partial charge in [-0.05, 0) is 54.3 Å². The van der Waals surface area contributed by atoms with Crippen LogP contribution in [0.4, 0.5) is 5.69 Å². The fourth-order valence-corrected chi connectivity index (χ4v) is 4.66. The molecule has 3 aromatic rings. The number of carbonyl (C=O) groups excluding carboxylic acids is 2. The second-order valence-corrected chi connectivity index (χ2v) is 8.89. The maximum Gasteiger partial charge on any atom is 0.278 e. The lowest BCUT2D eigenvalue weighted by molar-refractivity contribution is -0.138. The summed E-state index contributed by atoms with van der Waals surface area (Å²) in [6, 6.07) is 20.0. The summed E-state index contributed by atoms with van der Waals surface area (Å²) in [5.41, 5.74) is 6.09. The summed E-state index contributed by atoms with van der Waals surface area (Å²) in [6.45, 7) is 7.24. The standard InChI is InChI=1S/C28H28N4O2/c1-20-10-11-23(17-21(20)2)25-26(28(34)32(27(25)33)19-22-7-6-12-29-18-22)31-15-13-30(14-16-31)24-8-4-3-5-9-24/h3-12,17-18H,13-16,19H2,1-2H3. The van der Waals surface area contributed by atoms with Crippen LogP contribution in [0.15, 0.2) is 78.8 Å². The highest BCUT2D eigenvalue weighted by molar-refractivity contribution is 6.35. The second kappa shape index (κ2) is 9.14. The molecule has 0 aliphatic carbocycles. The Hall–Kier alpha value is -3.93. The van der Waals surface area contributed by atoms with Crippen LogP contribution >= 0.6 is 0 Å². The summed E-state index contributed by atoms with van der Waals surface area (Å²) in [5.74, 6) is -0.465. The average molecular weight is 453 g/mol. The van der Waals surface area contributed by atoms with E-state index in [0.29, 0.717) is 24.4 Å². The zero-order valence-electron chi connectivity index (χ0n) is 19.6. The molecule has 0 saturated carbocycles. The van der Waals surface area contributed by atoms with E-state index in [0.717, 1.165) is 35.3 Å². The first kappa shape index (κ1) is 21.9. The number of hydrogen-bond donors (Lipinski definition) is 0. The summed E-state index contributed by atoms with van der Waals surface area (Å²) < 4.78 is 0. The lowest BCUT2D eigenvalue weighted by Crippen LogP contribution is -2.47. The van der Waals surface area contributed by atoms with E-state index in [4.69, 9.17) is 0 Å². The van der Waals surface area contributed by atoms with Crippen molar-refractivity contribution >= 4 is 23.1 Å². The monoisotopic (exact) mass is 452 g/mol. The minimum Gasteiger partial charge on any atom is -0.368 e. The minimum atomic E-state index is -0.238. The van der Waals surface area contributed by atoms with E-state index in [1.807, 2.05) is 62.4 Å². The lowest BCUT2D eigenvalue weighted by Gasteiger charge is -2.37. The van der Waals surface area contributed by atoms with E-state index in [1.54, 1.807) is 12.4 Å². The Kier molecular flexibility index (Phi) is 5.88. The van der Waals surface area contributed by atoms with Crippen molar-refractivity contribution < 1.29 is 9.59 Å². The number of imide groups is 1. The molecule has 0 atom stereocenters. The number of aromatic nitrogens is 1. The molecule has 5 rings (SSSR count). The van der Waals surface area contributed by atoms with Crippen molar-refractivity contribution in [2.75, 3.05) is 31.1 Å². The summed E-state index contributed by atoms with van der Waals surface area (Å²) in [5, 5.41) is 0. The number of anilines is 1. The topological polar surface area (TPSA) is 56.8 Å². The van der Waals surface area contributed by atoms with Crippen LogP contribution < -0.4 is 4.90 Å². The minimum absolute atomic E-state index is 0.216. The van der Waals surface area contributed by atoms with E-state index in [9.17, 15) is 9.59 Å². The smallest absolute Gasteiger partial charge is 0.278 e. The maximum atomic E-state index is 13.7. The molecular formula is C28H28N4O2. The average Bonchev–Trinajstić information content (AvgIpc) is 3.12. The molecule has 6 heteroatoms. The summed E-state index contributed by atoms with van der Waals surface area (Å²) in [7, 11) is 0. The summed E-state index contributed by atoms with van der Waals surface area (Å²) in [4.78, 5) is 37.2. The van der Waals surface area contributed by atoms with Gasteiger partial charge in [-0.3, -0.25) is 19.5 Å². The molecule has 0 spiro atoms. The van der Waals surface area contributed by atoms with E-state index in [2.05, 4.69) is 26.9 Å². The van der Waals surface area contributed by atoms with Crippen LogP contribution in [0.3, 0.4) is 0 Å².